The third-order valence-electron chi connectivity index (χ3n) is 4.90. The lowest BCUT2D eigenvalue weighted by Crippen LogP contribution is -2.12. The van der Waals surface area contributed by atoms with Crippen LogP contribution in [0.2, 0.25) is 0 Å². The van der Waals surface area contributed by atoms with Crippen LogP contribution in [0.3, 0.4) is 0 Å². The summed E-state index contributed by atoms with van der Waals surface area (Å²) in [4.78, 5) is 20.5. The summed E-state index contributed by atoms with van der Waals surface area (Å²) < 4.78 is 0. The summed E-state index contributed by atoms with van der Waals surface area (Å²) in [5.74, 6) is 0.604. The molecule has 0 saturated carbocycles. The minimum atomic E-state index is -0.236. The average Bonchev–Trinajstić information content (AvgIpc) is 3.33. The van der Waals surface area contributed by atoms with Crippen molar-refractivity contribution in [3.05, 3.63) is 71.8 Å². The van der Waals surface area contributed by atoms with Gasteiger partial charge in [-0.15, -0.1) is 0 Å². The van der Waals surface area contributed by atoms with E-state index in [-0.39, 0.29) is 11.7 Å². The molecule has 0 unspecified atom stereocenters. The number of nitrogens with one attached hydrogen (secondary N) is 3. The summed E-state index contributed by atoms with van der Waals surface area (Å²) in [6.45, 7) is 1.83. The van der Waals surface area contributed by atoms with E-state index in [1.807, 2.05) is 37.3 Å². The number of imidazole rings is 1. The molecule has 0 fully saturated rings. The van der Waals surface area contributed by atoms with E-state index in [4.69, 9.17) is 0 Å². The number of hydrogen-bond acceptors (Lipinski definition) is 4. The van der Waals surface area contributed by atoms with E-state index in [1.54, 1.807) is 30.3 Å². The molecule has 29 heavy (non-hydrogen) atoms. The molecule has 0 aliphatic rings. The van der Waals surface area contributed by atoms with Crippen LogP contribution in [0.25, 0.3) is 33.5 Å². The maximum Gasteiger partial charge on any atom is 0.255 e. The predicted molar refractivity (Wildman–Crippen MR) is 112 cm³/mol. The number of aromatic nitrogens is 4. The SMILES string of the molecule is Cc1cc(O)ccc1NC(=O)c1ccc2c(-c3nc4ccccc4[nH]3)n[nH]c2c1. The van der Waals surface area contributed by atoms with E-state index in [2.05, 4.69) is 25.5 Å². The number of aromatic amines is 2. The molecular weight excluding hydrogens is 366 g/mol. The van der Waals surface area contributed by atoms with Gasteiger partial charge in [-0.25, -0.2) is 4.98 Å². The number of hydrogen-bond donors (Lipinski definition) is 4. The molecule has 2 heterocycles. The van der Waals surface area contributed by atoms with E-state index in [1.165, 1.54) is 0 Å². The molecule has 0 atom stereocenters. The van der Waals surface area contributed by atoms with Crippen LogP contribution in [0.1, 0.15) is 15.9 Å². The Hall–Kier alpha value is -4.13. The summed E-state index contributed by atoms with van der Waals surface area (Å²) in [5, 5.41) is 20.6. The first-order valence-electron chi connectivity index (χ1n) is 9.13. The lowest BCUT2D eigenvalue weighted by Gasteiger charge is -2.09. The van der Waals surface area contributed by atoms with Crippen LogP contribution in [0.15, 0.2) is 60.7 Å². The van der Waals surface area contributed by atoms with Gasteiger partial charge in [0.05, 0.1) is 16.6 Å². The number of fused-ring (bicyclic) bond motifs is 2. The molecule has 0 radical (unpaired) electrons. The lowest BCUT2D eigenvalue weighted by atomic mass is 10.1. The number of benzene rings is 3. The number of amides is 1. The van der Waals surface area contributed by atoms with E-state index in [0.29, 0.717) is 22.8 Å². The lowest BCUT2D eigenvalue weighted by molar-refractivity contribution is 0.102. The molecule has 0 bridgehead atoms. The molecule has 5 aromatic rings. The highest BCUT2D eigenvalue weighted by molar-refractivity contribution is 6.07. The number of H-pyrrole nitrogens is 2. The van der Waals surface area contributed by atoms with Crippen molar-refractivity contribution in [2.45, 2.75) is 6.92 Å². The van der Waals surface area contributed by atoms with Crippen molar-refractivity contribution in [1.82, 2.24) is 20.2 Å². The van der Waals surface area contributed by atoms with Gasteiger partial charge in [-0.1, -0.05) is 12.1 Å². The number of para-hydroxylation sites is 2. The molecule has 1 amide bonds. The van der Waals surface area contributed by atoms with Gasteiger partial charge in [0.2, 0.25) is 0 Å². The van der Waals surface area contributed by atoms with Gasteiger partial charge in [0.1, 0.15) is 11.4 Å². The molecule has 7 heteroatoms. The van der Waals surface area contributed by atoms with Crippen molar-refractivity contribution < 1.29 is 9.90 Å². The number of carbonyl (C=O) groups excluding carboxylic acids is 1. The number of aryl methyl sites for hydroxylation is 1. The number of phenolic OH excluding ortho intramolecular Hbond substituents is 1. The zero-order valence-corrected chi connectivity index (χ0v) is 15.5. The minimum absolute atomic E-state index is 0.164. The van der Waals surface area contributed by atoms with Crippen LogP contribution < -0.4 is 5.32 Å². The molecule has 4 N–H and O–H groups in total. The smallest absolute Gasteiger partial charge is 0.255 e. The molecule has 5 rings (SSSR count). The highest BCUT2D eigenvalue weighted by Gasteiger charge is 2.15. The van der Waals surface area contributed by atoms with E-state index in [0.717, 1.165) is 27.5 Å². The van der Waals surface area contributed by atoms with Crippen molar-refractivity contribution in [2.24, 2.45) is 0 Å². The third-order valence-corrected chi connectivity index (χ3v) is 4.90. The summed E-state index contributed by atoms with van der Waals surface area (Å²) >= 11 is 0. The molecule has 0 aliphatic heterocycles. The highest BCUT2D eigenvalue weighted by Crippen LogP contribution is 2.27. The molecule has 7 nitrogen and oxygen atoms in total. The summed E-state index contributed by atoms with van der Waals surface area (Å²) in [6, 6.07) is 18.0. The molecule has 0 spiro atoms. The van der Waals surface area contributed by atoms with Gasteiger partial charge in [0, 0.05) is 16.6 Å². The van der Waals surface area contributed by atoms with E-state index in [9.17, 15) is 9.90 Å². The highest BCUT2D eigenvalue weighted by atomic mass is 16.3. The van der Waals surface area contributed by atoms with Crippen LogP contribution in [0.4, 0.5) is 5.69 Å². The first-order chi connectivity index (χ1) is 14.1. The number of aromatic hydroxyl groups is 1. The second-order valence-corrected chi connectivity index (χ2v) is 6.89. The number of carbonyl (C=O) groups is 1. The monoisotopic (exact) mass is 383 g/mol. The minimum Gasteiger partial charge on any atom is -0.508 e. The number of phenols is 1. The molecule has 0 aliphatic carbocycles. The zero-order valence-electron chi connectivity index (χ0n) is 15.5. The molecule has 2 aromatic heterocycles. The van der Waals surface area contributed by atoms with Gasteiger partial charge in [-0.2, -0.15) is 5.10 Å². The van der Waals surface area contributed by atoms with Crippen molar-refractivity contribution in [3.8, 4) is 17.3 Å². The Kier molecular flexibility index (Phi) is 3.80. The Morgan fingerprint density at radius 1 is 1.03 bits per heavy atom. The zero-order chi connectivity index (χ0) is 20.0. The maximum absolute atomic E-state index is 12.7. The van der Waals surface area contributed by atoms with E-state index >= 15 is 0 Å². The Morgan fingerprint density at radius 3 is 2.72 bits per heavy atom. The number of anilines is 1. The van der Waals surface area contributed by atoms with Gasteiger partial charge in [0.15, 0.2) is 5.82 Å². The predicted octanol–water partition coefficient (Wildman–Crippen LogP) is 4.37. The van der Waals surface area contributed by atoms with Gasteiger partial charge in [-0.3, -0.25) is 9.89 Å². The Bertz CT molecular complexity index is 1350. The molecule has 3 aromatic carbocycles. The van der Waals surface area contributed by atoms with Crippen molar-refractivity contribution in [2.75, 3.05) is 5.32 Å². The quantitative estimate of drug-likeness (QED) is 0.347. The number of rotatable bonds is 3. The Balaban J connectivity index is 1.47. The van der Waals surface area contributed by atoms with Gasteiger partial charge >= 0.3 is 0 Å². The standard InChI is InChI=1S/C22H17N5O2/c1-12-10-14(28)7-9-16(12)25-22(29)13-6-8-15-19(11-13)26-27-20(15)21-23-17-4-2-3-5-18(17)24-21/h2-11,28H,1H3,(H,23,24)(H,25,29)(H,26,27). The molecule has 0 saturated heterocycles. The summed E-state index contributed by atoms with van der Waals surface area (Å²) in [7, 11) is 0. The topological polar surface area (TPSA) is 107 Å². The Labute approximate surface area is 165 Å². The van der Waals surface area contributed by atoms with Crippen LogP contribution in [-0.4, -0.2) is 31.2 Å². The first kappa shape index (κ1) is 17.0. The number of nitrogens with zero attached hydrogens (tertiary/aromatic N) is 2. The maximum atomic E-state index is 12.7. The second kappa shape index (κ2) is 6.49. The summed E-state index contributed by atoms with van der Waals surface area (Å²) in [5.41, 5.74) is 5.21. The largest absolute Gasteiger partial charge is 0.508 e. The average molecular weight is 383 g/mol. The van der Waals surface area contributed by atoms with Crippen LogP contribution in [0.5, 0.6) is 5.75 Å². The summed E-state index contributed by atoms with van der Waals surface area (Å²) in [6.07, 6.45) is 0. The third kappa shape index (κ3) is 2.98. The Morgan fingerprint density at radius 2 is 1.90 bits per heavy atom. The molecule has 142 valence electrons. The van der Waals surface area contributed by atoms with Crippen LogP contribution in [-0.2, 0) is 0 Å². The van der Waals surface area contributed by atoms with Crippen LogP contribution >= 0.6 is 0 Å². The van der Waals surface area contributed by atoms with Gasteiger partial charge in [-0.05, 0) is 61.0 Å². The first-order valence-corrected chi connectivity index (χ1v) is 9.13. The normalized spacial score (nSPS) is 11.2. The van der Waals surface area contributed by atoms with Gasteiger partial charge < -0.3 is 15.4 Å². The fourth-order valence-electron chi connectivity index (χ4n) is 3.39. The van der Waals surface area contributed by atoms with Crippen molar-refractivity contribution in [3.63, 3.8) is 0 Å². The van der Waals surface area contributed by atoms with Crippen molar-refractivity contribution in [1.29, 1.82) is 0 Å². The molecular formula is C22H17N5O2. The fourth-order valence-corrected chi connectivity index (χ4v) is 3.39. The van der Waals surface area contributed by atoms with Crippen molar-refractivity contribution >= 4 is 33.5 Å². The van der Waals surface area contributed by atoms with E-state index < -0.39 is 0 Å². The van der Waals surface area contributed by atoms with Crippen LogP contribution in [0, 0.1) is 6.92 Å². The van der Waals surface area contributed by atoms with Gasteiger partial charge in [0.25, 0.3) is 5.91 Å². The fraction of sp³-hybridized carbons (Fsp3) is 0.0455. The second-order valence-electron chi connectivity index (χ2n) is 6.89.